The van der Waals surface area contributed by atoms with Crippen LogP contribution in [0, 0.1) is 23.7 Å². The Hall–Kier alpha value is -1.40. The average Bonchev–Trinajstić information content (AvgIpc) is 2.31. The second-order valence-electron chi connectivity index (χ2n) is 3.63. The second-order valence-corrected chi connectivity index (χ2v) is 3.63. The van der Waals surface area contributed by atoms with E-state index >= 15 is 0 Å². The molecule has 0 unspecified atom stereocenters. The molecule has 0 aromatic carbocycles. The van der Waals surface area contributed by atoms with Gasteiger partial charge in [0.2, 0.25) is 0 Å². The Bertz CT molecular complexity index is 275. The Morgan fingerprint density at radius 1 is 0.750 bits per heavy atom. The highest BCUT2D eigenvalue weighted by Gasteiger charge is 1.75. The van der Waals surface area contributed by atoms with E-state index in [4.69, 9.17) is 0 Å². The van der Waals surface area contributed by atoms with Gasteiger partial charge in [-0.05, 0) is 36.8 Å². The van der Waals surface area contributed by atoms with E-state index in [0.29, 0.717) is 0 Å². The van der Waals surface area contributed by atoms with Gasteiger partial charge < -0.3 is 0 Å². The first-order chi connectivity index (χ1) is 7.91. The second kappa shape index (κ2) is 13.6. The Kier molecular flexibility index (Phi) is 12.4. The summed E-state index contributed by atoms with van der Waals surface area (Å²) in [7, 11) is 0. The van der Waals surface area contributed by atoms with Crippen molar-refractivity contribution in [3.8, 4) is 23.7 Å². The number of hydrogen-bond donors (Lipinski definition) is 0. The van der Waals surface area contributed by atoms with Crippen molar-refractivity contribution in [1.29, 1.82) is 0 Å². The van der Waals surface area contributed by atoms with E-state index in [1.807, 2.05) is 12.2 Å². The molecule has 0 aliphatic carbocycles. The maximum atomic E-state index is 2.91. The molecule has 0 rings (SSSR count). The largest absolute Gasteiger partial charge is 0.0761 e. The zero-order valence-corrected chi connectivity index (χ0v) is 10.6. The molecule has 0 saturated heterocycles. The lowest BCUT2D eigenvalue weighted by Gasteiger charge is -1.84. The molecule has 0 radical (unpaired) electrons. The van der Waals surface area contributed by atoms with Crippen molar-refractivity contribution >= 4 is 0 Å². The number of hydrogen-bond acceptors (Lipinski definition) is 0. The van der Waals surface area contributed by atoms with E-state index in [0.717, 1.165) is 12.8 Å². The van der Waals surface area contributed by atoms with Crippen LogP contribution in [0.25, 0.3) is 0 Å². The summed E-state index contributed by atoms with van der Waals surface area (Å²) in [5.74, 6) is 11.4. The van der Waals surface area contributed by atoms with Crippen LogP contribution in [0.3, 0.4) is 0 Å². The first-order valence-electron chi connectivity index (χ1n) is 6.22. The molecule has 0 saturated carbocycles. The maximum Gasteiger partial charge on any atom is -0.0102 e. The van der Waals surface area contributed by atoms with Gasteiger partial charge in [-0.15, -0.1) is 0 Å². The lowest BCUT2D eigenvalue weighted by atomic mass is 10.2. The van der Waals surface area contributed by atoms with Crippen LogP contribution < -0.4 is 0 Å². The topological polar surface area (TPSA) is 0 Å². The molecule has 0 heteroatoms. The van der Waals surface area contributed by atoms with Crippen LogP contribution in [0.2, 0.25) is 0 Å². The summed E-state index contributed by atoms with van der Waals surface area (Å²) in [6.45, 7) is 4.38. The van der Waals surface area contributed by atoms with E-state index in [1.165, 1.54) is 25.7 Å². The van der Waals surface area contributed by atoms with E-state index in [2.05, 4.69) is 49.7 Å². The third-order valence-electron chi connectivity index (χ3n) is 2.06. The summed E-state index contributed by atoms with van der Waals surface area (Å²) in [5.41, 5.74) is 0. The van der Waals surface area contributed by atoms with Gasteiger partial charge in [0.25, 0.3) is 0 Å². The van der Waals surface area contributed by atoms with Gasteiger partial charge in [0.05, 0.1) is 0 Å². The molecule has 0 fully saturated rings. The Labute approximate surface area is 101 Å². The van der Waals surface area contributed by atoms with Crippen LogP contribution in [0.4, 0.5) is 0 Å². The molecule has 0 spiro atoms. The molecule has 0 bridgehead atoms. The minimum atomic E-state index is 1.12. The fourth-order valence-electron chi connectivity index (χ4n) is 1.08. The van der Waals surface area contributed by atoms with Gasteiger partial charge in [0.15, 0.2) is 0 Å². The minimum absolute atomic E-state index is 1.12. The predicted octanol–water partition coefficient (Wildman–Crippen LogP) is 4.49. The van der Waals surface area contributed by atoms with Crippen LogP contribution >= 0.6 is 0 Å². The van der Waals surface area contributed by atoms with Gasteiger partial charge in [0, 0.05) is 0 Å². The molecule has 16 heavy (non-hydrogen) atoms. The molecule has 0 heterocycles. The van der Waals surface area contributed by atoms with Crippen LogP contribution in [-0.4, -0.2) is 0 Å². The van der Waals surface area contributed by atoms with Crippen molar-refractivity contribution in [3.05, 3.63) is 24.3 Å². The Morgan fingerprint density at radius 3 is 1.56 bits per heavy atom. The predicted molar refractivity (Wildman–Crippen MR) is 72.9 cm³/mol. The van der Waals surface area contributed by atoms with Gasteiger partial charge in [-0.3, -0.25) is 0 Å². The standard InChI is InChI=1S/C16H22/c1-3-5-7-9-11-13-15-16-14-12-10-8-6-4-2/h9-12H,3-8H2,1-2H3/b11-9+,12-10+. The van der Waals surface area contributed by atoms with E-state index < -0.39 is 0 Å². The molecule has 0 aliphatic rings. The highest BCUT2D eigenvalue weighted by Crippen LogP contribution is 1.94. The van der Waals surface area contributed by atoms with Crippen molar-refractivity contribution in [1.82, 2.24) is 0 Å². The molecule has 0 aromatic heterocycles. The van der Waals surface area contributed by atoms with Gasteiger partial charge in [-0.2, -0.15) is 0 Å². The zero-order chi connectivity index (χ0) is 11.9. The third-order valence-corrected chi connectivity index (χ3v) is 2.06. The molecule has 0 aliphatic heterocycles. The first-order valence-corrected chi connectivity index (χ1v) is 6.22. The summed E-state index contributed by atoms with van der Waals surface area (Å²) in [6, 6.07) is 0. The molecule has 0 nitrogen and oxygen atoms in total. The number of unbranched alkanes of at least 4 members (excludes halogenated alkanes) is 4. The average molecular weight is 214 g/mol. The van der Waals surface area contributed by atoms with Crippen molar-refractivity contribution in [3.63, 3.8) is 0 Å². The molecule has 86 valence electrons. The van der Waals surface area contributed by atoms with Gasteiger partial charge in [0.1, 0.15) is 0 Å². The van der Waals surface area contributed by atoms with Crippen molar-refractivity contribution in [2.75, 3.05) is 0 Å². The molecule has 0 aromatic rings. The normalized spacial score (nSPS) is 9.88. The zero-order valence-electron chi connectivity index (χ0n) is 10.6. The molecule has 0 amide bonds. The molecule has 0 atom stereocenters. The quantitative estimate of drug-likeness (QED) is 0.451. The highest BCUT2D eigenvalue weighted by atomic mass is 13.8. The van der Waals surface area contributed by atoms with Crippen LogP contribution in [0.1, 0.15) is 52.4 Å². The third kappa shape index (κ3) is 12.6. The fourth-order valence-corrected chi connectivity index (χ4v) is 1.08. The lowest BCUT2D eigenvalue weighted by Crippen LogP contribution is -1.65. The van der Waals surface area contributed by atoms with E-state index in [1.54, 1.807) is 0 Å². The molecular weight excluding hydrogens is 192 g/mol. The van der Waals surface area contributed by atoms with Crippen LogP contribution in [0.15, 0.2) is 24.3 Å². The van der Waals surface area contributed by atoms with Crippen molar-refractivity contribution in [2.24, 2.45) is 0 Å². The minimum Gasteiger partial charge on any atom is -0.0761 e. The SMILES string of the molecule is CCCC/C=C/C#CC#C/C=C/CCCC. The maximum absolute atomic E-state index is 2.91. The van der Waals surface area contributed by atoms with E-state index in [9.17, 15) is 0 Å². The summed E-state index contributed by atoms with van der Waals surface area (Å²) in [6.07, 6.45) is 15.2. The van der Waals surface area contributed by atoms with Crippen molar-refractivity contribution in [2.45, 2.75) is 52.4 Å². The van der Waals surface area contributed by atoms with E-state index in [-0.39, 0.29) is 0 Å². The first kappa shape index (κ1) is 14.6. The molecular formula is C16H22. The van der Waals surface area contributed by atoms with Crippen LogP contribution in [0.5, 0.6) is 0 Å². The van der Waals surface area contributed by atoms with Gasteiger partial charge >= 0.3 is 0 Å². The van der Waals surface area contributed by atoms with Crippen molar-refractivity contribution < 1.29 is 0 Å². The smallest absolute Gasteiger partial charge is 0.0102 e. The van der Waals surface area contributed by atoms with Gasteiger partial charge in [-0.1, -0.05) is 63.5 Å². The summed E-state index contributed by atoms with van der Waals surface area (Å²) in [4.78, 5) is 0. The monoisotopic (exact) mass is 214 g/mol. The van der Waals surface area contributed by atoms with Crippen LogP contribution in [-0.2, 0) is 0 Å². The fraction of sp³-hybridized carbons (Fsp3) is 0.500. The summed E-state index contributed by atoms with van der Waals surface area (Å²) >= 11 is 0. The number of allylic oxidation sites excluding steroid dienone is 4. The lowest BCUT2D eigenvalue weighted by molar-refractivity contribution is 0.815. The number of rotatable bonds is 6. The highest BCUT2D eigenvalue weighted by molar-refractivity contribution is 5.33. The Balaban J connectivity index is 3.62. The summed E-state index contributed by atoms with van der Waals surface area (Å²) in [5, 5.41) is 0. The summed E-state index contributed by atoms with van der Waals surface area (Å²) < 4.78 is 0. The van der Waals surface area contributed by atoms with Gasteiger partial charge in [-0.25, -0.2) is 0 Å². The Morgan fingerprint density at radius 2 is 1.19 bits per heavy atom. The molecule has 0 N–H and O–H groups in total.